The number of carbonyl (C=O) groups is 2. The van der Waals surface area contributed by atoms with Gasteiger partial charge in [0.15, 0.2) is 5.78 Å². The summed E-state index contributed by atoms with van der Waals surface area (Å²) in [4.78, 5) is 24.4. The lowest BCUT2D eigenvalue weighted by atomic mass is 9.87. The summed E-state index contributed by atoms with van der Waals surface area (Å²) >= 11 is 0. The first-order chi connectivity index (χ1) is 15.3. The Morgan fingerprint density at radius 1 is 1.00 bits per heavy atom. The molecule has 1 N–H and O–H groups in total. The molecule has 180 valence electrons. The smallest absolute Gasteiger partial charge is 0.478 e. The lowest BCUT2D eigenvalue weighted by Crippen LogP contribution is -2.49. The Morgan fingerprint density at radius 3 is 1.97 bits per heavy atom. The molecule has 33 heavy (non-hydrogen) atoms. The van der Waals surface area contributed by atoms with Gasteiger partial charge in [-0.3, -0.25) is 4.79 Å². The first kappa shape index (κ1) is 26.2. The van der Waals surface area contributed by atoms with Crippen molar-refractivity contribution in [2.24, 2.45) is 5.92 Å². The highest BCUT2D eigenvalue weighted by Crippen LogP contribution is 2.34. The van der Waals surface area contributed by atoms with Crippen LogP contribution in [0.3, 0.4) is 0 Å². The molecule has 0 aliphatic heterocycles. The van der Waals surface area contributed by atoms with Crippen LogP contribution < -0.4 is 9.47 Å². The molecule has 1 unspecified atom stereocenters. The average Bonchev–Trinajstić information content (AvgIpc) is 2.70. The summed E-state index contributed by atoms with van der Waals surface area (Å²) < 4.78 is 46.7. The van der Waals surface area contributed by atoms with Crippen molar-refractivity contribution in [2.75, 3.05) is 0 Å². The third kappa shape index (κ3) is 6.49. The molecular formula is C25H29F3O5. The van der Waals surface area contributed by atoms with Crippen molar-refractivity contribution in [1.82, 2.24) is 0 Å². The quantitative estimate of drug-likeness (QED) is 0.417. The van der Waals surface area contributed by atoms with E-state index in [2.05, 4.69) is 4.74 Å². The minimum atomic E-state index is -4.78. The van der Waals surface area contributed by atoms with Crippen LogP contribution in [0.15, 0.2) is 36.4 Å². The van der Waals surface area contributed by atoms with Gasteiger partial charge in [0.2, 0.25) is 5.60 Å². The molecule has 0 aliphatic rings. The fraction of sp³-hybridized carbons (Fsp3) is 0.440. The molecule has 0 bridgehead atoms. The van der Waals surface area contributed by atoms with Gasteiger partial charge in [-0.05, 0) is 67.6 Å². The van der Waals surface area contributed by atoms with Crippen LogP contribution in [0.5, 0.6) is 11.5 Å². The predicted octanol–water partition coefficient (Wildman–Crippen LogP) is 6.29. The van der Waals surface area contributed by atoms with Gasteiger partial charge in [-0.1, -0.05) is 32.9 Å². The number of aliphatic carboxylic acids is 1. The summed E-state index contributed by atoms with van der Waals surface area (Å²) in [7, 11) is 0. The molecule has 2 rings (SSSR count). The number of aryl methyl sites for hydroxylation is 3. The van der Waals surface area contributed by atoms with Crippen molar-refractivity contribution in [3.05, 3.63) is 58.7 Å². The molecule has 0 amide bonds. The highest BCUT2D eigenvalue weighted by molar-refractivity contribution is 5.96. The first-order valence-electron chi connectivity index (χ1n) is 10.7. The van der Waals surface area contributed by atoms with Crippen LogP contribution in [0.4, 0.5) is 13.2 Å². The predicted molar refractivity (Wildman–Crippen MR) is 118 cm³/mol. The number of alkyl halides is 3. The summed E-state index contributed by atoms with van der Waals surface area (Å²) in [5, 5.41) is 9.79. The highest BCUT2D eigenvalue weighted by atomic mass is 19.4. The SMILES string of the molecule is CCC(Oc1c(C)cc(CCC(=O)c2ccc(OC(F)(F)F)cc2)cc1C)(C(=O)O)C(C)C. The minimum absolute atomic E-state index is 0.165. The molecule has 2 aromatic carbocycles. The number of ketones is 1. The molecule has 0 fully saturated rings. The van der Waals surface area contributed by atoms with E-state index in [-0.39, 0.29) is 23.9 Å². The second kappa shape index (κ2) is 10.3. The van der Waals surface area contributed by atoms with Crippen molar-refractivity contribution >= 4 is 11.8 Å². The third-order valence-corrected chi connectivity index (χ3v) is 5.67. The zero-order valence-electron chi connectivity index (χ0n) is 19.4. The van der Waals surface area contributed by atoms with Crippen molar-refractivity contribution in [2.45, 2.75) is 65.8 Å². The largest absolute Gasteiger partial charge is 0.573 e. The molecule has 0 radical (unpaired) electrons. The molecule has 5 nitrogen and oxygen atoms in total. The fourth-order valence-electron chi connectivity index (χ4n) is 3.81. The van der Waals surface area contributed by atoms with E-state index >= 15 is 0 Å². The van der Waals surface area contributed by atoms with Gasteiger partial charge in [-0.15, -0.1) is 13.2 Å². The highest BCUT2D eigenvalue weighted by Gasteiger charge is 2.43. The Morgan fingerprint density at radius 2 is 1.55 bits per heavy atom. The first-order valence-corrected chi connectivity index (χ1v) is 10.7. The number of carbonyl (C=O) groups excluding carboxylic acids is 1. The van der Waals surface area contributed by atoms with E-state index in [1.165, 1.54) is 12.1 Å². The van der Waals surface area contributed by atoms with Crippen LogP contribution in [0.2, 0.25) is 0 Å². The number of ether oxygens (including phenoxy) is 2. The monoisotopic (exact) mass is 466 g/mol. The number of benzene rings is 2. The Bertz CT molecular complexity index is 973. The van der Waals surface area contributed by atoms with Crippen LogP contribution in [0.1, 0.15) is 60.7 Å². The topological polar surface area (TPSA) is 72.8 Å². The van der Waals surface area contributed by atoms with E-state index in [4.69, 9.17) is 4.74 Å². The van der Waals surface area contributed by atoms with Gasteiger partial charge < -0.3 is 14.6 Å². The Labute approximate surface area is 191 Å². The molecule has 8 heteroatoms. The van der Waals surface area contributed by atoms with E-state index < -0.39 is 17.9 Å². The van der Waals surface area contributed by atoms with Crippen LogP contribution >= 0.6 is 0 Å². The van der Waals surface area contributed by atoms with E-state index in [0.29, 0.717) is 24.2 Å². The molecule has 0 aliphatic carbocycles. The summed E-state index contributed by atoms with van der Waals surface area (Å²) in [6.45, 7) is 9.06. The van der Waals surface area contributed by atoms with Gasteiger partial charge >= 0.3 is 12.3 Å². The third-order valence-electron chi connectivity index (χ3n) is 5.67. The number of carboxylic acids is 1. The molecule has 1 atom stereocenters. The zero-order chi connectivity index (χ0) is 25.0. The molecule has 0 heterocycles. The number of Topliss-reactive ketones (excluding diaryl/α,β-unsaturated/α-hetero) is 1. The molecule has 0 aromatic heterocycles. The number of halogens is 3. The van der Waals surface area contributed by atoms with E-state index in [9.17, 15) is 27.9 Å². The Balaban J connectivity index is 2.12. The van der Waals surface area contributed by atoms with Crippen molar-refractivity contribution in [3.8, 4) is 11.5 Å². The van der Waals surface area contributed by atoms with Gasteiger partial charge in [0.05, 0.1) is 0 Å². The maximum absolute atomic E-state index is 12.5. The summed E-state index contributed by atoms with van der Waals surface area (Å²) in [5.41, 5.74) is 1.38. The van der Waals surface area contributed by atoms with Gasteiger partial charge in [-0.25, -0.2) is 4.79 Å². The van der Waals surface area contributed by atoms with Gasteiger partial charge in [0, 0.05) is 17.9 Å². The second-order valence-corrected chi connectivity index (χ2v) is 8.36. The van der Waals surface area contributed by atoms with Crippen molar-refractivity contribution < 1.29 is 37.3 Å². The summed E-state index contributed by atoms with van der Waals surface area (Å²) in [6, 6.07) is 8.55. The standard InChI is InChI=1S/C25H29F3O5/c1-6-24(15(2)3,23(30)31)33-22-16(4)13-18(14-17(22)5)7-12-21(29)19-8-10-20(11-9-19)32-25(26,27)28/h8-11,13-15H,6-7,12H2,1-5H3,(H,30,31). The van der Waals surface area contributed by atoms with E-state index in [1.54, 1.807) is 6.92 Å². The number of rotatable bonds is 10. The molecule has 0 saturated heterocycles. The van der Waals surface area contributed by atoms with E-state index in [0.717, 1.165) is 28.8 Å². The van der Waals surface area contributed by atoms with Gasteiger partial charge in [0.25, 0.3) is 0 Å². The maximum Gasteiger partial charge on any atom is 0.573 e. The normalized spacial score (nSPS) is 13.5. The molecule has 0 saturated carbocycles. The van der Waals surface area contributed by atoms with Crippen LogP contribution in [-0.4, -0.2) is 28.8 Å². The van der Waals surface area contributed by atoms with Gasteiger partial charge in [0.1, 0.15) is 11.5 Å². The number of carboxylic acid groups (broad SMARTS) is 1. The average molecular weight is 466 g/mol. The minimum Gasteiger partial charge on any atom is -0.478 e. The Hall–Kier alpha value is -3.03. The number of hydrogen-bond acceptors (Lipinski definition) is 4. The maximum atomic E-state index is 12.5. The van der Waals surface area contributed by atoms with Crippen LogP contribution in [-0.2, 0) is 11.2 Å². The van der Waals surface area contributed by atoms with Crippen LogP contribution in [0.25, 0.3) is 0 Å². The fourth-order valence-corrected chi connectivity index (χ4v) is 3.81. The Kier molecular flexibility index (Phi) is 8.16. The summed E-state index contributed by atoms with van der Waals surface area (Å²) in [6.07, 6.45) is -3.89. The van der Waals surface area contributed by atoms with Gasteiger partial charge in [-0.2, -0.15) is 0 Å². The molecule has 0 spiro atoms. The number of hydrogen-bond donors (Lipinski definition) is 1. The second-order valence-electron chi connectivity index (χ2n) is 8.36. The summed E-state index contributed by atoms with van der Waals surface area (Å²) in [5.74, 6) is -1.33. The van der Waals surface area contributed by atoms with Crippen molar-refractivity contribution in [1.29, 1.82) is 0 Å². The lowest BCUT2D eigenvalue weighted by Gasteiger charge is -2.34. The lowest BCUT2D eigenvalue weighted by molar-refractivity contribution is -0.274. The van der Waals surface area contributed by atoms with Crippen LogP contribution in [0, 0.1) is 19.8 Å². The van der Waals surface area contributed by atoms with E-state index in [1.807, 2.05) is 39.8 Å². The van der Waals surface area contributed by atoms with Crippen molar-refractivity contribution in [3.63, 3.8) is 0 Å². The molecule has 2 aromatic rings. The molecular weight excluding hydrogens is 437 g/mol. The zero-order valence-corrected chi connectivity index (χ0v) is 19.4.